The molecule has 0 radical (unpaired) electrons. The highest BCUT2D eigenvalue weighted by molar-refractivity contribution is 6.46. The number of para-hydroxylation sites is 1. The molecule has 5 rings (SSSR count). The zero-order valence-corrected chi connectivity index (χ0v) is 23.7. The fraction of sp³-hybridized carbons (Fsp3) is 0.200. The smallest absolute Gasteiger partial charge is 0.295 e. The molecule has 0 aliphatic carbocycles. The first-order valence-electron chi connectivity index (χ1n) is 13.8. The highest BCUT2D eigenvalue weighted by atomic mass is 16.5. The second kappa shape index (κ2) is 13.2. The number of carbonyl (C=O) groups is 2. The lowest BCUT2D eigenvalue weighted by Crippen LogP contribution is -2.31. The lowest BCUT2D eigenvalue weighted by atomic mass is 9.95. The zero-order chi connectivity index (χ0) is 29.5. The summed E-state index contributed by atoms with van der Waals surface area (Å²) in [5, 5.41) is 11.4. The SMILES string of the molecule is COCCCN1C(=O)C(=O)C(=C(O)c2ccc(OCc3cccc(C)c3)cc2)[C@H]1c1cccc(Oc2ccccc2)c1. The number of nitrogens with zero attached hydrogens (tertiary/aromatic N) is 1. The molecule has 1 aliphatic heterocycles. The first-order chi connectivity index (χ1) is 20.4. The van der Waals surface area contributed by atoms with Gasteiger partial charge in [0.2, 0.25) is 0 Å². The number of aliphatic hydroxyl groups excluding tert-OH is 1. The van der Waals surface area contributed by atoms with Crippen LogP contribution in [0.4, 0.5) is 0 Å². The molecule has 0 unspecified atom stereocenters. The topological polar surface area (TPSA) is 85.3 Å². The van der Waals surface area contributed by atoms with Crippen LogP contribution in [0.5, 0.6) is 17.2 Å². The van der Waals surface area contributed by atoms with Gasteiger partial charge in [-0.3, -0.25) is 9.59 Å². The summed E-state index contributed by atoms with van der Waals surface area (Å²) in [6.07, 6.45) is 0.535. The number of ether oxygens (including phenoxy) is 3. The van der Waals surface area contributed by atoms with Crippen LogP contribution in [-0.2, 0) is 20.9 Å². The van der Waals surface area contributed by atoms with E-state index in [1.54, 1.807) is 37.4 Å². The van der Waals surface area contributed by atoms with E-state index in [1.165, 1.54) is 4.90 Å². The molecule has 0 spiro atoms. The quantitative estimate of drug-likeness (QED) is 0.0933. The minimum absolute atomic E-state index is 0.0303. The number of carbonyl (C=O) groups excluding carboxylic acids is 2. The van der Waals surface area contributed by atoms with Gasteiger partial charge < -0.3 is 24.2 Å². The van der Waals surface area contributed by atoms with Crippen molar-refractivity contribution in [2.75, 3.05) is 20.3 Å². The van der Waals surface area contributed by atoms with Crippen LogP contribution < -0.4 is 9.47 Å². The molecule has 0 aromatic heterocycles. The Morgan fingerprint density at radius 2 is 1.57 bits per heavy atom. The molecule has 1 amide bonds. The number of aryl methyl sites for hydroxylation is 1. The molecule has 7 heteroatoms. The van der Waals surface area contributed by atoms with Crippen LogP contribution >= 0.6 is 0 Å². The molecule has 7 nitrogen and oxygen atoms in total. The van der Waals surface area contributed by atoms with Crippen molar-refractivity contribution in [2.24, 2.45) is 0 Å². The molecular weight excluding hydrogens is 530 g/mol. The second-order valence-corrected chi connectivity index (χ2v) is 10.1. The van der Waals surface area contributed by atoms with Crippen molar-refractivity contribution >= 4 is 17.4 Å². The average Bonchev–Trinajstić information content (AvgIpc) is 3.26. The fourth-order valence-electron chi connectivity index (χ4n) is 5.04. The molecule has 0 saturated carbocycles. The number of benzene rings is 4. The maximum Gasteiger partial charge on any atom is 0.295 e. The Labute approximate surface area is 245 Å². The average molecular weight is 564 g/mol. The van der Waals surface area contributed by atoms with Crippen LogP contribution in [0.15, 0.2) is 109 Å². The molecule has 1 atom stereocenters. The largest absolute Gasteiger partial charge is 0.507 e. The first kappa shape index (κ1) is 28.6. The fourth-order valence-corrected chi connectivity index (χ4v) is 5.04. The van der Waals surface area contributed by atoms with Crippen molar-refractivity contribution in [1.29, 1.82) is 0 Å². The molecule has 214 valence electrons. The highest BCUT2D eigenvalue weighted by Crippen LogP contribution is 2.41. The van der Waals surface area contributed by atoms with Crippen molar-refractivity contribution in [2.45, 2.75) is 26.0 Å². The summed E-state index contributed by atoms with van der Waals surface area (Å²) < 4.78 is 17.1. The number of hydrogen-bond donors (Lipinski definition) is 1. The third-order valence-electron chi connectivity index (χ3n) is 7.06. The van der Waals surface area contributed by atoms with E-state index in [0.717, 1.165) is 11.1 Å². The predicted molar refractivity (Wildman–Crippen MR) is 160 cm³/mol. The van der Waals surface area contributed by atoms with Crippen LogP contribution in [0.1, 0.15) is 34.7 Å². The van der Waals surface area contributed by atoms with Crippen molar-refractivity contribution in [3.8, 4) is 17.2 Å². The first-order valence-corrected chi connectivity index (χ1v) is 13.8. The van der Waals surface area contributed by atoms with E-state index < -0.39 is 17.7 Å². The molecular formula is C35H33NO6. The minimum Gasteiger partial charge on any atom is -0.507 e. The molecule has 0 bridgehead atoms. The summed E-state index contributed by atoms with van der Waals surface area (Å²) >= 11 is 0. The molecule has 1 heterocycles. The van der Waals surface area contributed by atoms with Crippen molar-refractivity contribution in [3.05, 3.63) is 131 Å². The van der Waals surface area contributed by atoms with Gasteiger partial charge in [0.25, 0.3) is 11.7 Å². The van der Waals surface area contributed by atoms with Gasteiger partial charge >= 0.3 is 0 Å². The van der Waals surface area contributed by atoms with Crippen molar-refractivity contribution in [1.82, 2.24) is 4.90 Å². The number of ketones is 1. The Morgan fingerprint density at radius 1 is 0.833 bits per heavy atom. The number of methoxy groups -OCH3 is 1. The molecule has 1 saturated heterocycles. The number of rotatable bonds is 11. The predicted octanol–water partition coefficient (Wildman–Crippen LogP) is 6.82. The van der Waals surface area contributed by atoms with E-state index in [0.29, 0.717) is 48.0 Å². The van der Waals surface area contributed by atoms with Crippen molar-refractivity contribution in [3.63, 3.8) is 0 Å². The van der Waals surface area contributed by atoms with Gasteiger partial charge in [0, 0.05) is 25.8 Å². The van der Waals surface area contributed by atoms with E-state index in [9.17, 15) is 14.7 Å². The maximum atomic E-state index is 13.4. The Morgan fingerprint density at radius 3 is 2.31 bits per heavy atom. The van der Waals surface area contributed by atoms with Gasteiger partial charge in [-0.05, 0) is 73.0 Å². The van der Waals surface area contributed by atoms with E-state index in [4.69, 9.17) is 14.2 Å². The summed E-state index contributed by atoms with van der Waals surface area (Å²) in [7, 11) is 1.59. The molecule has 1 fully saturated rings. The summed E-state index contributed by atoms with van der Waals surface area (Å²) in [6, 6.07) is 30.7. The van der Waals surface area contributed by atoms with E-state index in [-0.39, 0.29) is 17.9 Å². The molecule has 42 heavy (non-hydrogen) atoms. The standard InChI is InChI=1S/C35H33NO6/c1-24-9-6-10-25(21-24)23-41-28-17-15-26(16-18-28)33(37)31-32(36(19-8-20-40-2)35(39)34(31)38)27-11-7-14-30(22-27)42-29-12-4-3-5-13-29/h3-7,9-18,21-22,32,37H,8,19-20,23H2,1-2H3/t32-/m1/s1. The Kier molecular flexibility index (Phi) is 8.99. The zero-order valence-electron chi connectivity index (χ0n) is 23.7. The normalized spacial score (nSPS) is 16.0. The Balaban J connectivity index is 1.45. The van der Waals surface area contributed by atoms with Crippen LogP contribution in [0, 0.1) is 6.92 Å². The summed E-state index contributed by atoms with van der Waals surface area (Å²) in [5.74, 6) is 0.196. The summed E-state index contributed by atoms with van der Waals surface area (Å²) in [6.45, 7) is 3.15. The molecule has 4 aromatic rings. The summed E-state index contributed by atoms with van der Waals surface area (Å²) in [5.41, 5.74) is 3.30. The van der Waals surface area contributed by atoms with Gasteiger partial charge in [0.15, 0.2) is 0 Å². The van der Waals surface area contributed by atoms with E-state index in [2.05, 4.69) is 6.07 Å². The minimum atomic E-state index is -0.793. The Bertz CT molecular complexity index is 1580. The van der Waals surface area contributed by atoms with Gasteiger partial charge in [-0.2, -0.15) is 0 Å². The number of likely N-dealkylation sites (tertiary alicyclic amines) is 1. The van der Waals surface area contributed by atoms with Gasteiger partial charge in [-0.25, -0.2) is 0 Å². The van der Waals surface area contributed by atoms with Crippen LogP contribution in [0.3, 0.4) is 0 Å². The van der Waals surface area contributed by atoms with Crippen LogP contribution in [-0.4, -0.2) is 42.0 Å². The lowest BCUT2D eigenvalue weighted by molar-refractivity contribution is -0.140. The van der Waals surface area contributed by atoms with Gasteiger partial charge in [-0.1, -0.05) is 60.2 Å². The molecule has 4 aromatic carbocycles. The number of amides is 1. The van der Waals surface area contributed by atoms with E-state index in [1.807, 2.05) is 73.7 Å². The monoisotopic (exact) mass is 563 g/mol. The highest BCUT2D eigenvalue weighted by Gasteiger charge is 2.45. The number of hydrogen-bond acceptors (Lipinski definition) is 6. The van der Waals surface area contributed by atoms with E-state index >= 15 is 0 Å². The second-order valence-electron chi connectivity index (χ2n) is 10.1. The molecule has 1 aliphatic rings. The lowest BCUT2D eigenvalue weighted by Gasteiger charge is -2.25. The maximum absolute atomic E-state index is 13.4. The number of aliphatic hydroxyl groups is 1. The van der Waals surface area contributed by atoms with Crippen LogP contribution in [0.25, 0.3) is 5.76 Å². The van der Waals surface area contributed by atoms with Gasteiger partial charge in [-0.15, -0.1) is 0 Å². The molecule has 1 N–H and O–H groups in total. The van der Waals surface area contributed by atoms with Gasteiger partial charge in [0.05, 0.1) is 11.6 Å². The number of Topliss-reactive ketones (excluding diaryl/α,β-unsaturated/α-hetero) is 1. The third kappa shape index (κ3) is 6.53. The van der Waals surface area contributed by atoms with Gasteiger partial charge in [0.1, 0.15) is 29.6 Å². The third-order valence-corrected chi connectivity index (χ3v) is 7.06. The Hall–Kier alpha value is -4.88. The van der Waals surface area contributed by atoms with Crippen LogP contribution in [0.2, 0.25) is 0 Å². The van der Waals surface area contributed by atoms with Crippen molar-refractivity contribution < 1.29 is 28.9 Å². The summed E-state index contributed by atoms with van der Waals surface area (Å²) in [4.78, 5) is 28.1.